The van der Waals surface area contributed by atoms with Crippen LogP contribution in [0.25, 0.3) is 0 Å². The molecule has 15 heavy (non-hydrogen) atoms. The Kier molecular flexibility index (Phi) is 3.38. The predicted molar refractivity (Wildman–Crippen MR) is 53.5 cm³/mol. The van der Waals surface area contributed by atoms with E-state index in [1.54, 1.807) is 0 Å². The summed E-state index contributed by atoms with van der Waals surface area (Å²) in [6.45, 7) is 1.25. The number of anilines is 1. The summed E-state index contributed by atoms with van der Waals surface area (Å²) in [5, 5.41) is 0. The van der Waals surface area contributed by atoms with Crippen LogP contribution in [-0.4, -0.2) is 5.91 Å². The van der Waals surface area contributed by atoms with E-state index in [0.29, 0.717) is 0 Å². The molecule has 0 N–H and O–H groups in total. The molecule has 1 rings (SSSR count). The highest BCUT2D eigenvalue weighted by Crippen LogP contribution is 2.32. The maximum atomic E-state index is 12.3. The van der Waals surface area contributed by atoms with Crippen molar-refractivity contribution in [3.8, 4) is 0 Å². The lowest BCUT2D eigenvalue weighted by Crippen LogP contribution is -2.16. The van der Waals surface area contributed by atoms with Gasteiger partial charge in [-0.15, -0.1) is 0 Å². The average molecular weight is 282 g/mol. The van der Waals surface area contributed by atoms with Crippen LogP contribution in [0.2, 0.25) is 0 Å². The molecule has 0 aliphatic rings. The Labute approximate surface area is 93.0 Å². The van der Waals surface area contributed by atoms with E-state index in [-0.39, 0.29) is 5.69 Å². The number of rotatable bonds is 1. The Balaban J connectivity index is 3.08. The van der Waals surface area contributed by atoms with Crippen LogP contribution >= 0.6 is 16.1 Å². The molecule has 0 saturated heterocycles. The molecule has 0 atom stereocenters. The summed E-state index contributed by atoms with van der Waals surface area (Å²) < 4.78 is 37.9. The number of hydrogen-bond acceptors (Lipinski definition) is 1. The molecule has 1 amide bonds. The molecule has 1 aromatic rings. The van der Waals surface area contributed by atoms with Crippen LogP contribution in [0.1, 0.15) is 12.5 Å². The summed E-state index contributed by atoms with van der Waals surface area (Å²) in [5.74, 6) is -0.394. The Morgan fingerprint density at radius 3 is 2.47 bits per heavy atom. The lowest BCUT2D eigenvalue weighted by molar-refractivity contribution is -0.137. The summed E-state index contributed by atoms with van der Waals surface area (Å²) in [6, 6.07) is 4.50. The number of carbonyl (C=O) groups excluding carboxylic acids is 1. The highest BCUT2D eigenvalue weighted by atomic mass is 79.9. The van der Waals surface area contributed by atoms with Crippen LogP contribution in [0.4, 0.5) is 18.9 Å². The van der Waals surface area contributed by atoms with Crippen molar-refractivity contribution in [1.29, 1.82) is 0 Å². The average Bonchev–Trinajstić information content (AvgIpc) is 2.15. The smallest absolute Gasteiger partial charge is 0.274 e. The van der Waals surface area contributed by atoms with Crippen LogP contribution in [0, 0.1) is 0 Å². The number of hydrogen-bond donors (Lipinski definition) is 0. The Morgan fingerprint density at radius 1 is 1.40 bits per heavy atom. The van der Waals surface area contributed by atoms with Crippen LogP contribution in [-0.2, 0) is 11.0 Å². The van der Waals surface area contributed by atoms with E-state index in [2.05, 4.69) is 16.1 Å². The van der Waals surface area contributed by atoms with Gasteiger partial charge in [0, 0.05) is 6.92 Å². The molecule has 6 heteroatoms. The van der Waals surface area contributed by atoms with E-state index in [0.717, 1.165) is 16.1 Å². The molecule has 0 aromatic heterocycles. The quantitative estimate of drug-likeness (QED) is 0.723. The monoisotopic (exact) mass is 281 g/mol. The standard InChI is InChI=1S/C9H7BrF3NO/c1-6(15)14(10)8-4-2-3-7(5-8)9(11,12)13/h2-5H,1H3. The second kappa shape index (κ2) is 4.22. The summed E-state index contributed by atoms with van der Waals surface area (Å²) in [4.78, 5) is 10.9. The zero-order valence-corrected chi connectivity index (χ0v) is 9.26. The zero-order chi connectivity index (χ0) is 11.6. The molecule has 82 valence electrons. The summed E-state index contributed by atoms with van der Waals surface area (Å²) in [7, 11) is 0. The van der Waals surface area contributed by atoms with Gasteiger partial charge in [0.2, 0.25) is 5.91 Å². The highest BCUT2D eigenvalue weighted by molar-refractivity contribution is 9.10. The van der Waals surface area contributed by atoms with E-state index >= 15 is 0 Å². The molecule has 0 spiro atoms. The van der Waals surface area contributed by atoms with E-state index in [1.807, 2.05) is 0 Å². The molecular weight excluding hydrogens is 275 g/mol. The lowest BCUT2D eigenvalue weighted by atomic mass is 10.2. The molecule has 0 aliphatic heterocycles. The third kappa shape index (κ3) is 2.95. The number of carbonyl (C=O) groups is 1. The SMILES string of the molecule is CC(=O)N(Br)c1cccc(C(F)(F)F)c1. The molecule has 0 radical (unpaired) electrons. The molecule has 0 aliphatic carbocycles. The van der Waals surface area contributed by atoms with Gasteiger partial charge in [-0.25, -0.2) is 3.93 Å². The largest absolute Gasteiger partial charge is 0.416 e. The van der Waals surface area contributed by atoms with Crippen molar-refractivity contribution in [1.82, 2.24) is 0 Å². The van der Waals surface area contributed by atoms with E-state index in [9.17, 15) is 18.0 Å². The number of nitrogens with zero attached hydrogens (tertiary/aromatic N) is 1. The normalized spacial score (nSPS) is 11.3. The van der Waals surface area contributed by atoms with Crippen molar-refractivity contribution in [2.24, 2.45) is 0 Å². The van der Waals surface area contributed by atoms with Crippen molar-refractivity contribution < 1.29 is 18.0 Å². The second-order valence-electron chi connectivity index (χ2n) is 2.85. The first kappa shape index (κ1) is 12.0. The second-order valence-corrected chi connectivity index (χ2v) is 3.56. The third-order valence-electron chi connectivity index (χ3n) is 1.68. The predicted octanol–water partition coefficient (Wildman–Crippen LogP) is 3.37. The molecule has 0 fully saturated rings. The third-order valence-corrected chi connectivity index (χ3v) is 2.59. The maximum Gasteiger partial charge on any atom is 0.416 e. The molecule has 0 unspecified atom stereocenters. The van der Waals surface area contributed by atoms with Gasteiger partial charge in [0.05, 0.1) is 27.4 Å². The van der Waals surface area contributed by atoms with Gasteiger partial charge in [-0.1, -0.05) is 6.07 Å². The zero-order valence-electron chi connectivity index (χ0n) is 7.68. The van der Waals surface area contributed by atoms with Gasteiger partial charge < -0.3 is 0 Å². The molecular formula is C9H7BrF3NO. The van der Waals surface area contributed by atoms with Crippen LogP contribution < -0.4 is 3.93 Å². The summed E-state index contributed by atoms with van der Waals surface area (Å²) in [5.41, 5.74) is -0.636. The minimum Gasteiger partial charge on any atom is -0.274 e. The fourth-order valence-electron chi connectivity index (χ4n) is 0.986. The van der Waals surface area contributed by atoms with Crippen LogP contribution in [0.15, 0.2) is 24.3 Å². The lowest BCUT2D eigenvalue weighted by Gasteiger charge is -2.14. The fraction of sp³-hybridized carbons (Fsp3) is 0.222. The molecule has 2 nitrogen and oxygen atoms in total. The summed E-state index contributed by atoms with van der Waals surface area (Å²) in [6.07, 6.45) is -4.40. The first-order valence-corrected chi connectivity index (χ1v) is 4.67. The van der Waals surface area contributed by atoms with Crippen LogP contribution in [0.5, 0.6) is 0 Å². The van der Waals surface area contributed by atoms with E-state index in [1.165, 1.54) is 19.1 Å². The number of alkyl halides is 3. The molecule has 0 bridgehead atoms. The van der Waals surface area contributed by atoms with E-state index in [4.69, 9.17) is 0 Å². The van der Waals surface area contributed by atoms with Crippen LogP contribution in [0.3, 0.4) is 0 Å². The van der Waals surface area contributed by atoms with Crippen molar-refractivity contribution in [3.63, 3.8) is 0 Å². The number of halogens is 4. The minimum atomic E-state index is -4.40. The molecule has 0 heterocycles. The first-order valence-electron chi connectivity index (χ1n) is 3.96. The van der Waals surface area contributed by atoms with E-state index < -0.39 is 17.6 Å². The van der Waals surface area contributed by atoms with Crippen molar-refractivity contribution >= 4 is 27.7 Å². The number of benzene rings is 1. The van der Waals surface area contributed by atoms with Gasteiger partial charge in [-0.2, -0.15) is 13.2 Å². The van der Waals surface area contributed by atoms with Gasteiger partial charge in [-0.3, -0.25) is 4.79 Å². The van der Waals surface area contributed by atoms with Crippen molar-refractivity contribution in [3.05, 3.63) is 29.8 Å². The fourth-order valence-corrected chi connectivity index (χ4v) is 1.21. The van der Waals surface area contributed by atoms with Gasteiger partial charge in [0.15, 0.2) is 0 Å². The molecule has 1 aromatic carbocycles. The van der Waals surface area contributed by atoms with Gasteiger partial charge >= 0.3 is 6.18 Å². The van der Waals surface area contributed by atoms with Gasteiger partial charge in [0.25, 0.3) is 0 Å². The van der Waals surface area contributed by atoms with Gasteiger partial charge in [-0.05, 0) is 18.2 Å². The highest BCUT2D eigenvalue weighted by Gasteiger charge is 2.30. The molecule has 0 saturated carbocycles. The Morgan fingerprint density at radius 2 is 2.00 bits per heavy atom. The Bertz CT molecular complexity index is 378. The topological polar surface area (TPSA) is 20.3 Å². The maximum absolute atomic E-state index is 12.3. The Hall–Kier alpha value is -1.04. The minimum absolute atomic E-state index is 0.150. The summed E-state index contributed by atoms with van der Waals surface area (Å²) >= 11 is 2.87. The van der Waals surface area contributed by atoms with Gasteiger partial charge in [0.1, 0.15) is 0 Å². The van der Waals surface area contributed by atoms with Crippen molar-refractivity contribution in [2.45, 2.75) is 13.1 Å². The number of amides is 1. The van der Waals surface area contributed by atoms with Crippen molar-refractivity contribution in [2.75, 3.05) is 3.93 Å². The first-order chi connectivity index (χ1) is 6.82.